The van der Waals surface area contributed by atoms with E-state index in [1.54, 1.807) is 0 Å². The molecular formula is C26H36O5S. The summed E-state index contributed by atoms with van der Waals surface area (Å²) in [6.07, 6.45) is -3.92. The Hall–Kier alpha value is -1.41. The predicted octanol–water partition coefficient (Wildman–Crippen LogP) is 3.17. The first-order valence-corrected chi connectivity index (χ1v) is 12.2. The molecule has 1 fully saturated rings. The van der Waals surface area contributed by atoms with Crippen LogP contribution in [-0.4, -0.2) is 61.9 Å². The van der Waals surface area contributed by atoms with Gasteiger partial charge in [0, 0.05) is 4.75 Å². The van der Waals surface area contributed by atoms with Crippen LogP contribution < -0.4 is 0 Å². The number of thioether (sulfide) groups is 1. The van der Waals surface area contributed by atoms with E-state index in [2.05, 4.69) is 45.0 Å². The fourth-order valence-electron chi connectivity index (χ4n) is 3.95. The largest absolute Gasteiger partial charge is 0.394 e. The van der Waals surface area contributed by atoms with Crippen molar-refractivity contribution < 1.29 is 25.2 Å². The lowest BCUT2D eigenvalue weighted by molar-refractivity contribution is -0.231. The molecule has 1 aliphatic heterocycles. The first-order valence-electron chi connectivity index (χ1n) is 11.2. The number of aliphatic hydroxyl groups excluding tert-OH is 4. The highest BCUT2D eigenvalue weighted by Gasteiger charge is 2.43. The van der Waals surface area contributed by atoms with Gasteiger partial charge in [-0.3, -0.25) is 0 Å². The normalized spacial score (nSPS) is 26.3. The van der Waals surface area contributed by atoms with E-state index in [1.165, 1.54) is 11.1 Å². The fourth-order valence-corrected chi connectivity index (χ4v) is 4.90. The van der Waals surface area contributed by atoms with Crippen molar-refractivity contribution in [3.05, 3.63) is 70.3 Å². The fraction of sp³-hybridized carbons (Fsp3) is 0.538. The van der Waals surface area contributed by atoms with E-state index < -0.39 is 37.1 Å². The van der Waals surface area contributed by atoms with E-state index in [9.17, 15) is 20.4 Å². The van der Waals surface area contributed by atoms with Gasteiger partial charge >= 0.3 is 0 Å². The second-order valence-corrected chi connectivity index (χ2v) is 11.6. The van der Waals surface area contributed by atoms with E-state index in [-0.39, 0.29) is 4.75 Å². The molecule has 5 nitrogen and oxygen atoms in total. The Morgan fingerprint density at radius 2 is 1.56 bits per heavy atom. The summed E-state index contributed by atoms with van der Waals surface area (Å²) >= 11 is 1.97. The lowest BCUT2D eigenvalue weighted by atomic mass is 9.89. The van der Waals surface area contributed by atoms with Gasteiger partial charge in [0.05, 0.1) is 6.61 Å². The molecule has 0 aliphatic carbocycles. The summed E-state index contributed by atoms with van der Waals surface area (Å²) in [5.74, 6) is 1.10. The zero-order valence-corrected chi connectivity index (χ0v) is 20.2. The monoisotopic (exact) mass is 460 g/mol. The molecule has 3 rings (SSSR count). The molecule has 2 aromatic carbocycles. The first-order chi connectivity index (χ1) is 15.1. The van der Waals surface area contributed by atoms with Gasteiger partial charge in [-0.1, -0.05) is 63.2 Å². The van der Waals surface area contributed by atoms with Crippen LogP contribution in [0.4, 0.5) is 0 Å². The molecule has 6 heteroatoms. The molecule has 0 bridgehead atoms. The molecule has 0 amide bonds. The van der Waals surface area contributed by atoms with E-state index in [0.717, 1.165) is 35.3 Å². The Balaban J connectivity index is 1.71. The van der Waals surface area contributed by atoms with Gasteiger partial charge in [-0.05, 0) is 53.3 Å². The molecule has 2 unspecified atom stereocenters. The first kappa shape index (κ1) is 25.2. The number of benzene rings is 2. The predicted molar refractivity (Wildman–Crippen MR) is 129 cm³/mol. The third-order valence-corrected chi connectivity index (χ3v) is 7.21. The van der Waals surface area contributed by atoms with Gasteiger partial charge in [0.2, 0.25) is 0 Å². The van der Waals surface area contributed by atoms with Crippen molar-refractivity contribution >= 4 is 11.8 Å². The molecule has 0 aromatic heterocycles. The van der Waals surface area contributed by atoms with Gasteiger partial charge in [0.25, 0.3) is 0 Å². The second kappa shape index (κ2) is 10.7. The number of ether oxygens (including phenoxy) is 1. The molecule has 0 spiro atoms. The average molecular weight is 461 g/mol. The molecule has 4 N–H and O–H groups in total. The van der Waals surface area contributed by atoms with Crippen molar-refractivity contribution in [3.63, 3.8) is 0 Å². The zero-order chi connectivity index (χ0) is 23.5. The summed E-state index contributed by atoms with van der Waals surface area (Å²) in [7, 11) is 0. The van der Waals surface area contributed by atoms with Crippen molar-refractivity contribution in [3.8, 4) is 0 Å². The highest BCUT2D eigenvalue weighted by Crippen LogP contribution is 2.33. The van der Waals surface area contributed by atoms with Gasteiger partial charge < -0.3 is 25.2 Å². The minimum atomic E-state index is -1.38. The topological polar surface area (TPSA) is 90.2 Å². The van der Waals surface area contributed by atoms with E-state index in [0.29, 0.717) is 0 Å². The molecule has 0 saturated carbocycles. The quantitative estimate of drug-likeness (QED) is 0.508. The highest BCUT2D eigenvalue weighted by molar-refractivity contribution is 8.00. The lowest BCUT2D eigenvalue weighted by Gasteiger charge is -2.40. The number of rotatable bonds is 7. The maximum absolute atomic E-state index is 10.5. The van der Waals surface area contributed by atoms with Gasteiger partial charge in [-0.15, -0.1) is 0 Å². The van der Waals surface area contributed by atoms with Crippen LogP contribution >= 0.6 is 11.8 Å². The Labute approximate surface area is 195 Å². The second-order valence-electron chi connectivity index (χ2n) is 9.64. The summed E-state index contributed by atoms with van der Waals surface area (Å²) in [5, 5.41) is 40.1. The smallest absolute Gasteiger partial charge is 0.113 e. The van der Waals surface area contributed by atoms with E-state index in [1.807, 2.05) is 36.9 Å². The Bertz CT molecular complexity index is 875. The number of hydrogen-bond acceptors (Lipinski definition) is 6. The van der Waals surface area contributed by atoms with Crippen LogP contribution in [0, 0.1) is 6.92 Å². The summed E-state index contributed by atoms with van der Waals surface area (Å²) in [5.41, 5.74) is 5.49. The van der Waals surface area contributed by atoms with Crippen LogP contribution in [0.5, 0.6) is 0 Å². The van der Waals surface area contributed by atoms with Crippen molar-refractivity contribution in [2.24, 2.45) is 0 Å². The van der Waals surface area contributed by atoms with Gasteiger partial charge in [0.1, 0.15) is 30.5 Å². The Morgan fingerprint density at radius 3 is 2.19 bits per heavy atom. The molecule has 176 valence electrons. The van der Waals surface area contributed by atoms with Crippen LogP contribution in [0.25, 0.3) is 0 Å². The summed E-state index contributed by atoms with van der Waals surface area (Å²) in [6, 6.07) is 14.5. The molecule has 32 heavy (non-hydrogen) atoms. The van der Waals surface area contributed by atoms with Crippen LogP contribution in [0.1, 0.15) is 54.7 Å². The van der Waals surface area contributed by atoms with Gasteiger partial charge in [-0.2, -0.15) is 11.8 Å². The van der Waals surface area contributed by atoms with Crippen molar-refractivity contribution in [2.45, 2.75) is 75.8 Å². The van der Waals surface area contributed by atoms with Crippen LogP contribution in [0.2, 0.25) is 0 Å². The van der Waals surface area contributed by atoms with Crippen molar-refractivity contribution in [2.75, 3.05) is 12.4 Å². The molecule has 5 atom stereocenters. The third kappa shape index (κ3) is 6.34. The van der Waals surface area contributed by atoms with E-state index >= 15 is 0 Å². The molecule has 0 radical (unpaired) electrons. The number of aliphatic hydroxyl groups is 4. The summed E-state index contributed by atoms with van der Waals surface area (Å²) < 4.78 is 6.01. The summed E-state index contributed by atoms with van der Waals surface area (Å²) in [4.78, 5) is 0. The van der Waals surface area contributed by atoms with Crippen molar-refractivity contribution in [1.82, 2.24) is 0 Å². The Morgan fingerprint density at radius 1 is 0.906 bits per heavy atom. The highest BCUT2D eigenvalue weighted by atomic mass is 32.2. The van der Waals surface area contributed by atoms with Crippen LogP contribution in [0.3, 0.4) is 0 Å². The standard InChI is InChI=1S/C26H36O5S/c1-16-5-10-19(25-24(30)23(29)22(28)21(15-27)31-25)14-20(16)13-18-8-6-17(7-9-18)11-12-32-26(2,3)4/h5-10,14,21-25,27-30H,11-13,15H2,1-4H3/t21?,22-,23?,24-,25+/m1/s1. The molecule has 1 aliphatic rings. The molecular weight excluding hydrogens is 424 g/mol. The molecule has 1 heterocycles. The minimum Gasteiger partial charge on any atom is -0.394 e. The maximum atomic E-state index is 10.5. The number of aryl methyl sites for hydroxylation is 2. The third-order valence-electron chi connectivity index (χ3n) is 5.94. The van der Waals surface area contributed by atoms with E-state index in [4.69, 9.17) is 4.74 Å². The van der Waals surface area contributed by atoms with Gasteiger partial charge in [-0.25, -0.2) is 0 Å². The summed E-state index contributed by atoms with van der Waals surface area (Å²) in [6.45, 7) is 8.33. The maximum Gasteiger partial charge on any atom is 0.113 e. The van der Waals surface area contributed by atoms with Gasteiger partial charge in [0.15, 0.2) is 0 Å². The Kier molecular flexibility index (Phi) is 8.42. The number of hydrogen-bond donors (Lipinski definition) is 4. The molecule has 2 aromatic rings. The average Bonchev–Trinajstić information content (AvgIpc) is 2.74. The SMILES string of the molecule is Cc1ccc([C@@H]2OC(CO)[C@@H](O)C(O)[C@H]2O)cc1Cc1ccc(CCSC(C)(C)C)cc1. The lowest BCUT2D eigenvalue weighted by Crippen LogP contribution is -2.55. The van der Waals surface area contributed by atoms with Crippen LogP contribution in [0.15, 0.2) is 42.5 Å². The van der Waals surface area contributed by atoms with Crippen LogP contribution in [-0.2, 0) is 17.6 Å². The minimum absolute atomic E-state index is 0.281. The van der Waals surface area contributed by atoms with Crippen molar-refractivity contribution in [1.29, 1.82) is 0 Å². The zero-order valence-electron chi connectivity index (χ0n) is 19.4. The molecule has 1 saturated heterocycles.